The van der Waals surface area contributed by atoms with Crippen LogP contribution in [0.25, 0.3) is 0 Å². The lowest BCUT2D eigenvalue weighted by molar-refractivity contribution is 0.145. The molecule has 3 unspecified atom stereocenters. The Balaban J connectivity index is 2.66. The molecule has 0 aromatic heterocycles. The Bertz CT molecular complexity index is 439. The maximum absolute atomic E-state index is 6.11. The molecule has 0 saturated carbocycles. The normalized spacial score (nSPS) is 16.8. The Morgan fingerprint density at radius 2 is 1.81 bits per heavy atom. The van der Waals surface area contributed by atoms with Gasteiger partial charge in [0.05, 0.1) is 0 Å². The van der Waals surface area contributed by atoms with E-state index >= 15 is 0 Å². The molecule has 1 N–H and O–H groups in total. The van der Waals surface area contributed by atoms with Gasteiger partial charge in [0, 0.05) is 22.6 Å². The van der Waals surface area contributed by atoms with Gasteiger partial charge < -0.3 is 5.32 Å². The molecule has 21 heavy (non-hydrogen) atoms. The number of halogens is 1. The fourth-order valence-electron chi connectivity index (χ4n) is 2.39. The second kappa shape index (κ2) is 7.62. The van der Waals surface area contributed by atoms with Crippen molar-refractivity contribution in [1.82, 2.24) is 10.2 Å². The summed E-state index contributed by atoms with van der Waals surface area (Å²) in [7, 11) is 2.20. The van der Waals surface area contributed by atoms with E-state index in [2.05, 4.69) is 70.9 Å². The van der Waals surface area contributed by atoms with Crippen LogP contribution < -0.4 is 5.32 Å². The SMILES string of the molecule is CC(CNC(C)(C)C)C(C)N(C)C(C)c1cccc(Cl)c1. The van der Waals surface area contributed by atoms with Gasteiger partial charge in [-0.05, 0) is 71.8 Å². The second-order valence-corrected chi connectivity index (χ2v) is 7.68. The van der Waals surface area contributed by atoms with Crippen molar-refractivity contribution in [3.8, 4) is 0 Å². The molecule has 0 bridgehead atoms. The molecule has 0 radical (unpaired) electrons. The minimum atomic E-state index is 0.172. The lowest BCUT2D eigenvalue weighted by atomic mass is 9.97. The van der Waals surface area contributed by atoms with Gasteiger partial charge in [0.1, 0.15) is 0 Å². The van der Waals surface area contributed by atoms with Crippen molar-refractivity contribution in [1.29, 1.82) is 0 Å². The summed E-state index contributed by atoms with van der Waals surface area (Å²) in [6.45, 7) is 14.5. The van der Waals surface area contributed by atoms with Crippen molar-refractivity contribution in [2.24, 2.45) is 5.92 Å². The summed E-state index contributed by atoms with van der Waals surface area (Å²) in [5.41, 5.74) is 1.44. The Morgan fingerprint density at radius 1 is 1.19 bits per heavy atom. The van der Waals surface area contributed by atoms with Gasteiger partial charge in [0.25, 0.3) is 0 Å². The van der Waals surface area contributed by atoms with Crippen molar-refractivity contribution < 1.29 is 0 Å². The summed E-state index contributed by atoms with van der Waals surface area (Å²) < 4.78 is 0. The zero-order valence-electron chi connectivity index (χ0n) is 14.6. The molecular weight excluding hydrogens is 280 g/mol. The first-order chi connectivity index (χ1) is 9.61. The lowest BCUT2D eigenvalue weighted by Gasteiger charge is -2.36. The Labute approximate surface area is 135 Å². The van der Waals surface area contributed by atoms with E-state index in [1.54, 1.807) is 0 Å². The number of nitrogens with one attached hydrogen (secondary N) is 1. The fourth-order valence-corrected chi connectivity index (χ4v) is 2.59. The molecule has 0 amide bonds. The van der Waals surface area contributed by atoms with E-state index in [1.807, 2.05) is 12.1 Å². The molecule has 120 valence electrons. The van der Waals surface area contributed by atoms with Crippen LogP contribution >= 0.6 is 11.6 Å². The van der Waals surface area contributed by atoms with E-state index in [0.717, 1.165) is 11.6 Å². The molecule has 0 saturated heterocycles. The summed E-state index contributed by atoms with van der Waals surface area (Å²) in [6.07, 6.45) is 0. The summed E-state index contributed by atoms with van der Waals surface area (Å²) in [6, 6.07) is 9.02. The zero-order valence-corrected chi connectivity index (χ0v) is 15.3. The third-order valence-electron chi connectivity index (χ3n) is 4.36. The highest BCUT2D eigenvalue weighted by atomic mass is 35.5. The zero-order chi connectivity index (χ0) is 16.2. The molecule has 0 aliphatic rings. The molecule has 3 heteroatoms. The third kappa shape index (κ3) is 5.98. The van der Waals surface area contributed by atoms with Crippen LogP contribution in [-0.2, 0) is 0 Å². The van der Waals surface area contributed by atoms with Crippen LogP contribution in [0.4, 0.5) is 0 Å². The first kappa shape index (κ1) is 18.5. The van der Waals surface area contributed by atoms with Gasteiger partial charge in [0.2, 0.25) is 0 Å². The molecule has 1 rings (SSSR count). The van der Waals surface area contributed by atoms with E-state index in [9.17, 15) is 0 Å². The highest BCUT2D eigenvalue weighted by molar-refractivity contribution is 6.30. The predicted octanol–water partition coefficient (Wildman–Crippen LogP) is 4.75. The van der Waals surface area contributed by atoms with Crippen LogP contribution in [-0.4, -0.2) is 30.1 Å². The van der Waals surface area contributed by atoms with E-state index in [4.69, 9.17) is 11.6 Å². The molecule has 0 aliphatic carbocycles. The van der Waals surface area contributed by atoms with E-state index in [1.165, 1.54) is 5.56 Å². The average Bonchev–Trinajstić information content (AvgIpc) is 2.41. The first-order valence-electron chi connectivity index (χ1n) is 7.84. The van der Waals surface area contributed by atoms with Crippen LogP contribution in [0.2, 0.25) is 5.02 Å². The molecule has 0 aliphatic heterocycles. The van der Waals surface area contributed by atoms with Gasteiger partial charge in [-0.25, -0.2) is 0 Å². The van der Waals surface area contributed by atoms with Crippen LogP contribution in [0.1, 0.15) is 53.1 Å². The Kier molecular flexibility index (Phi) is 6.71. The van der Waals surface area contributed by atoms with Crippen molar-refractivity contribution in [3.05, 3.63) is 34.9 Å². The first-order valence-corrected chi connectivity index (χ1v) is 8.22. The molecule has 1 aromatic rings. The monoisotopic (exact) mass is 310 g/mol. The maximum Gasteiger partial charge on any atom is 0.0409 e. The van der Waals surface area contributed by atoms with E-state index in [-0.39, 0.29) is 5.54 Å². The molecule has 0 fully saturated rings. The Morgan fingerprint density at radius 3 is 2.33 bits per heavy atom. The Hall–Kier alpha value is -0.570. The van der Waals surface area contributed by atoms with E-state index < -0.39 is 0 Å². The van der Waals surface area contributed by atoms with Crippen molar-refractivity contribution in [2.45, 2.75) is 59.2 Å². The standard InChI is InChI=1S/C18H31ClN2/c1-13(12-20-18(4,5)6)14(2)21(7)15(3)16-9-8-10-17(19)11-16/h8-11,13-15,20H,12H2,1-7H3. The number of rotatable bonds is 6. The van der Waals surface area contributed by atoms with Gasteiger partial charge in [-0.2, -0.15) is 0 Å². The number of benzene rings is 1. The largest absolute Gasteiger partial charge is 0.312 e. The third-order valence-corrected chi connectivity index (χ3v) is 4.60. The van der Waals surface area contributed by atoms with Gasteiger partial charge in [-0.3, -0.25) is 4.90 Å². The summed E-state index contributed by atoms with van der Waals surface area (Å²) in [5, 5.41) is 4.41. The number of hydrogen-bond acceptors (Lipinski definition) is 2. The minimum absolute atomic E-state index is 0.172. The fraction of sp³-hybridized carbons (Fsp3) is 0.667. The smallest absolute Gasteiger partial charge is 0.0409 e. The van der Waals surface area contributed by atoms with Crippen LogP contribution in [0.15, 0.2) is 24.3 Å². The topological polar surface area (TPSA) is 15.3 Å². The molecule has 0 heterocycles. The highest BCUT2D eigenvalue weighted by Gasteiger charge is 2.23. The van der Waals surface area contributed by atoms with Gasteiger partial charge in [-0.1, -0.05) is 30.7 Å². The minimum Gasteiger partial charge on any atom is -0.312 e. The number of nitrogens with zero attached hydrogens (tertiary/aromatic N) is 1. The molecule has 3 atom stereocenters. The lowest BCUT2D eigenvalue weighted by Crippen LogP contribution is -2.44. The van der Waals surface area contributed by atoms with Gasteiger partial charge in [-0.15, -0.1) is 0 Å². The van der Waals surface area contributed by atoms with Crippen LogP contribution in [0, 0.1) is 5.92 Å². The van der Waals surface area contributed by atoms with Crippen molar-refractivity contribution >= 4 is 11.6 Å². The summed E-state index contributed by atoms with van der Waals surface area (Å²) in [4.78, 5) is 2.43. The number of hydrogen-bond donors (Lipinski definition) is 1. The summed E-state index contributed by atoms with van der Waals surface area (Å²) in [5.74, 6) is 0.579. The highest BCUT2D eigenvalue weighted by Crippen LogP contribution is 2.25. The average molecular weight is 311 g/mol. The molecule has 1 aromatic carbocycles. The molecule has 0 spiro atoms. The molecular formula is C18H31ClN2. The maximum atomic E-state index is 6.11. The van der Waals surface area contributed by atoms with Crippen LogP contribution in [0.5, 0.6) is 0 Å². The van der Waals surface area contributed by atoms with Crippen molar-refractivity contribution in [3.63, 3.8) is 0 Å². The van der Waals surface area contributed by atoms with Gasteiger partial charge >= 0.3 is 0 Å². The van der Waals surface area contributed by atoms with Crippen LogP contribution in [0.3, 0.4) is 0 Å². The summed E-state index contributed by atoms with van der Waals surface area (Å²) >= 11 is 6.11. The van der Waals surface area contributed by atoms with Gasteiger partial charge in [0.15, 0.2) is 0 Å². The molecule has 2 nitrogen and oxygen atoms in total. The van der Waals surface area contributed by atoms with E-state index in [0.29, 0.717) is 18.0 Å². The quantitative estimate of drug-likeness (QED) is 0.816. The predicted molar refractivity (Wildman–Crippen MR) is 94.0 cm³/mol. The van der Waals surface area contributed by atoms with Crippen molar-refractivity contribution in [2.75, 3.05) is 13.6 Å². The second-order valence-electron chi connectivity index (χ2n) is 7.25.